The van der Waals surface area contributed by atoms with Crippen molar-refractivity contribution < 1.29 is 0 Å². The molecule has 2 nitrogen and oxygen atoms in total. The van der Waals surface area contributed by atoms with Gasteiger partial charge in [-0.25, -0.2) is 0 Å². The maximum atomic E-state index is 5.99. The Morgan fingerprint density at radius 1 is 1.39 bits per heavy atom. The third-order valence-electron chi connectivity index (χ3n) is 2.86. The lowest BCUT2D eigenvalue weighted by Gasteiger charge is -2.29. The maximum Gasteiger partial charge on any atom is 0.102 e. The Labute approximate surface area is 123 Å². The minimum atomic E-state index is 0.528. The number of hydrogen-bond acceptors (Lipinski definition) is 3. The van der Waals surface area contributed by atoms with Gasteiger partial charge in [-0.15, -0.1) is 0 Å². The van der Waals surface area contributed by atoms with Crippen molar-refractivity contribution in [2.24, 2.45) is 0 Å². The summed E-state index contributed by atoms with van der Waals surface area (Å²) in [5.41, 5.74) is 0.910. The summed E-state index contributed by atoms with van der Waals surface area (Å²) in [6.07, 6.45) is 3.11. The van der Waals surface area contributed by atoms with E-state index in [-0.39, 0.29) is 0 Å². The first-order valence-electron chi connectivity index (χ1n) is 5.74. The standard InChI is InChI=1S/C13H14Cl2N2S/c1-17-6-2-5-16-13(17)8-12(18)9-3-4-10(14)11(15)7-9/h3-4,7-8,16H,2,5-6H2,1H3/b13-8+. The van der Waals surface area contributed by atoms with Crippen LogP contribution >= 0.6 is 35.4 Å². The number of halogens is 2. The third-order valence-corrected chi connectivity index (χ3v) is 3.95. The zero-order valence-corrected chi connectivity index (χ0v) is 12.4. The van der Waals surface area contributed by atoms with Gasteiger partial charge < -0.3 is 10.2 Å². The van der Waals surface area contributed by atoms with E-state index in [4.69, 9.17) is 35.4 Å². The molecule has 96 valence electrons. The van der Waals surface area contributed by atoms with Gasteiger partial charge in [-0.05, 0) is 30.2 Å². The molecule has 0 atom stereocenters. The van der Waals surface area contributed by atoms with Crippen molar-refractivity contribution in [3.05, 3.63) is 45.7 Å². The van der Waals surface area contributed by atoms with Crippen LogP contribution in [0.2, 0.25) is 10.0 Å². The number of benzene rings is 1. The van der Waals surface area contributed by atoms with E-state index in [0.29, 0.717) is 10.0 Å². The third kappa shape index (κ3) is 3.16. The van der Waals surface area contributed by atoms with Crippen LogP contribution in [0.5, 0.6) is 0 Å². The molecule has 0 spiro atoms. The van der Waals surface area contributed by atoms with E-state index in [1.165, 1.54) is 0 Å². The molecular weight excluding hydrogens is 287 g/mol. The van der Waals surface area contributed by atoms with Crippen molar-refractivity contribution in [2.45, 2.75) is 6.42 Å². The lowest BCUT2D eigenvalue weighted by Crippen LogP contribution is -2.37. The Morgan fingerprint density at radius 2 is 2.17 bits per heavy atom. The summed E-state index contributed by atoms with van der Waals surface area (Å²) in [5.74, 6) is 1.05. The van der Waals surface area contributed by atoms with Crippen LogP contribution < -0.4 is 5.32 Å². The number of nitrogens with zero attached hydrogens (tertiary/aromatic N) is 1. The second-order valence-corrected chi connectivity index (χ2v) is 5.48. The van der Waals surface area contributed by atoms with Crippen molar-refractivity contribution in [3.63, 3.8) is 0 Å². The summed E-state index contributed by atoms with van der Waals surface area (Å²) in [5, 5.41) is 4.41. The van der Waals surface area contributed by atoms with Crippen molar-refractivity contribution in [2.75, 3.05) is 20.1 Å². The van der Waals surface area contributed by atoms with Gasteiger partial charge in [0.2, 0.25) is 0 Å². The first-order valence-corrected chi connectivity index (χ1v) is 6.90. The Hall–Kier alpha value is -0.770. The Morgan fingerprint density at radius 3 is 2.83 bits per heavy atom. The van der Waals surface area contributed by atoms with E-state index < -0.39 is 0 Å². The summed E-state index contributed by atoms with van der Waals surface area (Å²) < 4.78 is 0. The zero-order chi connectivity index (χ0) is 13.1. The Bertz CT molecular complexity index is 500. The lowest BCUT2D eigenvalue weighted by atomic mass is 10.1. The average molecular weight is 301 g/mol. The normalized spacial score (nSPS) is 17.7. The maximum absolute atomic E-state index is 5.99. The lowest BCUT2D eigenvalue weighted by molar-refractivity contribution is 0.335. The van der Waals surface area contributed by atoms with Gasteiger partial charge in [-0.1, -0.05) is 41.5 Å². The molecule has 0 aliphatic carbocycles. The van der Waals surface area contributed by atoms with Crippen LogP contribution in [0.4, 0.5) is 0 Å². The minimum Gasteiger partial charge on any atom is -0.372 e. The smallest absolute Gasteiger partial charge is 0.102 e. The van der Waals surface area contributed by atoms with Gasteiger partial charge >= 0.3 is 0 Å². The van der Waals surface area contributed by atoms with E-state index in [1.54, 1.807) is 12.1 Å². The summed E-state index contributed by atoms with van der Waals surface area (Å²) in [7, 11) is 2.05. The first-order chi connectivity index (χ1) is 8.58. The number of allylic oxidation sites excluding steroid dienone is 1. The van der Waals surface area contributed by atoms with Gasteiger partial charge in [-0.3, -0.25) is 0 Å². The van der Waals surface area contributed by atoms with E-state index in [9.17, 15) is 0 Å². The fourth-order valence-electron chi connectivity index (χ4n) is 1.81. The van der Waals surface area contributed by atoms with Crippen LogP contribution in [0.15, 0.2) is 30.1 Å². The van der Waals surface area contributed by atoms with E-state index in [2.05, 4.69) is 17.3 Å². The molecule has 1 aromatic carbocycles. The molecule has 0 aromatic heterocycles. The van der Waals surface area contributed by atoms with Crippen LogP contribution in [-0.4, -0.2) is 29.9 Å². The predicted octanol–water partition coefficient (Wildman–Crippen LogP) is 3.48. The van der Waals surface area contributed by atoms with Crippen LogP contribution in [-0.2, 0) is 0 Å². The Kier molecular flexibility index (Phi) is 4.49. The highest BCUT2D eigenvalue weighted by atomic mass is 35.5. The topological polar surface area (TPSA) is 15.3 Å². The summed E-state index contributed by atoms with van der Waals surface area (Å²) in [6.45, 7) is 2.03. The number of nitrogens with one attached hydrogen (secondary N) is 1. The van der Waals surface area contributed by atoms with Crippen molar-refractivity contribution in [1.29, 1.82) is 0 Å². The molecule has 1 heterocycles. The van der Waals surface area contributed by atoms with Crippen molar-refractivity contribution in [3.8, 4) is 0 Å². The molecule has 1 aliphatic rings. The number of rotatable bonds is 2. The highest BCUT2D eigenvalue weighted by molar-refractivity contribution is 7.81. The highest BCUT2D eigenvalue weighted by Crippen LogP contribution is 2.23. The van der Waals surface area contributed by atoms with Crippen LogP contribution in [0.25, 0.3) is 0 Å². The molecule has 5 heteroatoms. The number of thiocarbonyl (C=S) groups is 1. The van der Waals surface area contributed by atoms with Crippen molar-refractivity contribution in [1.82, 2.24) is 10.2 Å². The molecule has 1 aromatic rings. The molecule has 0 saturated carbocycles. The monoisotopic (exact) mass is 300 g/mol. The molecule has 1 saturated heterocycles. The second kappa shape index (κ2) is 5.91. The molecular formula is C13H14Cl2N2S. The summed E-state index contributed by atoms with van der Waals surface area (Å²) in [4.78, 5) is 2.91. The fourth-order valence-corrected chi connectivity index (χ4v) is 2.34. The summed E-state index contributed by atoms with van der Waals surface area (Å²) >= 11 is 17.3. The van der Waals surface area contributed by atoms with Crippen molar-refractivity contribution >= 4 is 40.3 Å². The largest absolute Gasteiger partial charge is 0.372 e. The van der Waals surface area contributed by atoms with Gasteiger partial charge in [-0.2, -0.15) is 0 Å². The molecule has 0 radical (unpaired) electrons. The zero-order valence-electron chi connectivity index (χ0n) is 10.0. The molecule has 1 fully saturated rings. The Balaban J connectivity index is 2.20. The highest BCUT2D eigenvalue weighted by Gasteiger charge is 2.11. The molecule has 1 N–H and O–H groups in total. The fraction of sp³-hybridized carbons (Fsp3) is 0.308. The van der Waals surface area contributed by atoms with Gasteiger partial charge in [0.15, 0.2) is 0 Å². The van der Waals surface area contributed by atoms with Gasteiger partial charge in [0.25, 0.3) is 0 Å². The van der Waals surface area contributed by atoms with E-state index in [0.717, 1.165) is 35.8 Å². The molecule has 0 unspecified atom stereocenters. The van der Waals surface area contributed by atoms with Crippen LogP contribution in [0, 0.1) is 0 Å². The van der Waals surface area contributed by atoms with Crippen LogP contribution in [0.3, 0.4) is 0 Å². The van der Waals surface area contributed by atoms with E-state index in [1.807, 2.05) is 12.1 Å². The van der Waals surface area contributed by atoms with Gasteiger partial charge in [0.1, 0.15) is 5.82 Å². The van der Waals surface area contributed by atoms with Crippen LogP contribution in [0.1, 0.15) is 12.0 Å². The van der Waals surface area contributed by atoms with E-state index >= 15 is 0 Å². The minimum absolute atomic E-state index is 0.528. The molecule has 0 bridgehead atoms. The quantitative estimate of drug-likeness (QED) is 0.511. The molecule has 1 aliphatic heterocycles. The second-order valence-electron chi connectivity index (χ2n) is 4.22. The van der Waals surface area contributed by atoms with Gasteiger partial charge in [0, 0.05) is 25.0 Å². The average Bonchev–Trinajstić information content (AvgIpc) is 2.35. The first kappa shape index (κ1) is 13.7. The molecule has 18 heavy (non-hydrogen) atoms. The molecule has 0 amide bonds. The van der Waals surface area contributed by atoms with Gasteiger partial charge in [0.05, 0.1) is 10.0 Å². The summed E-state index contributed by atoms with van der Waals surface area (Å²) in [6, 6.07) is 5.45. The molecule has 2 rings (SSSR count). The SMILES string of the molecule is CN1CCCN/C1=C\C(=S)c1ccc(Cl)c(Cl)c1. The number of hydrogen-bond donors (Lipinski definition) is 1. The predicted molar refractivity (Wildman–Crippen MR) is 81.5 cm³/mol.